The van der Waals surface area contributed by atoms with Crippen LogP contribution in [-0.2, 0) is 16.0 Å². The highest BCUT2D eigenvalue weighted by Gasteiger charge is 2.33. The van der Waals surface area contributed by atoms with Crippen molar-refractivity contribution in [3.8, 4) is 22.6 Å². The van der Waals surface area contributed by atoms with Crippen LogP contribution in [0, 0.1) is 11.7 Å². The Balaban J connectivity index is 0.917. The van der Waals surface area contributed by atoms with E-state index in [1.807, 2.05) is 35.2 Å². The maximum Gasteiger partial charge on any atom is 0.237 e. The van der Waals surface area contributed by atoms with Crippen LogP contribution in [0.25, 0.3) is 33.5 Å². The maximum absolute atomic E-state index is 13.4. The van der Waals surface area contributed by atoms with Gasteiger partial charge in [-0.05, 0) is 80.1 Å². The zero-order valence-electron chi connectivity index (χ0n) is 25.6. The van der Waals surface area contributed by atoms with E-state index < -0.39 is 0 Å². The number of nitrogens with zero attached hydrogens (tertiary/aromatic N) is 7. The van der Waals surface area contributed by atoms with E-state index in [9.17, 15) is 14.0 Å². The minimum Gasteiger partial charge on any atom is -0.353 e. The molecule has 2 saturated heterocycles. The number of pyridine rings is 1. The highest BCUT2D eigenvalue weighted by Crippen LogP contribution is 2.28. The molecule has 0 bridgehead atoms. The number of H-pyrrole nitrogens is 1. The molecule has 11 heteroatoms. The standard InChI is InChI=1S/C35H35FN8O2/c1-23-20-43(32-10-6-26(19-39-32)35-37-12-2-13-38-35)15-16-44(23)33(46)22-42-14-11-27(21-42)31(45)18-24-3-9-30-29(17-24)34(41-40-30)25-4-7-28(36)8-5-25/h2-10,12-13,17,19,23,27H,11,14-16,18,20-22H2,1H3,(H,40,41)/t23-,27?/m0/s1. The summed E-state index contributed by atoms with van der Waals surface area (Å²) in [6, 6.07) is 17.9. The number of ketones is 1. The molecule has 1 amide bonds. The number of carbonyl (C=O) groups excluding carboxylic acids is 2. The fourth-order valence-corrected chi connectivity index (χ4v) is 6.56. The molecule has 2 aromatic carbocycles. The van der Waals surface area contributed by atoms with Crippen molar-refractivity contribution in [3.05, 3.63) is 90.6 Å². The molecule has 2 aliphatic rings. The first-order valence-corrected chi connectivity index (χ1v) is 15.7. The predicted octanol–water partition coefficient (Wildman–Crippen LogP) is 4.39. The Hall–Kier alpha value is -5.03. The molecule has 1 unspecified atom stereocenters. The van der Waals surface area contributed by atoms with E-state index in [1.165, 1.54) is 12.1 Å². The molecule has 0 radical (unpaired) electrons. The van der Waals surface area contributed by atoms with Gasteiger partial charge in [0.1, 0.15) is 17.4 Å². The van der Waals surface area contributed by atoms with Crippen LogP contribution in [0.5, 0.6) is 0 Å². The van der Waals surface area contributed by atoms with Crippen LogP contribution in [0.2, 0.25) is 0 Å². The van der Waals surface area contributed by atoms with Crippen molar-refractivity contribution in [2.45, 2.75) is 25.8 Å². The van der Waals surface area contributed by atoms with Gasteiger partial charge in [-0.15, -0.1) is 0 Å². The van der Waals surface area contributed by atoms with Crippen molar-refractivity contribution in [3.63, 3.8) is 0 Å². The van der Waals surface area contributed by atoms with Gasteiger partial charge in [0.2, 0.25) is 5.91 Å². The predicted molar refractivity (Wildman–Crippen MR) is 173 cm³/mol. The summed E-state index contributed by atoms with van der Waals surface area (Å²) >= 11 is 0. The number of hydrogen-bond donors (Lipinski definition) is 1. The molecule has 234 valence electrons. The molecule has 2 atom stereocenters. The van der Waals surface area contributed by atoms with Gasteiger partial charge in [0, 0.05) is 79.7 Å². The van der Waals surface area contributed by atoms with E-state index in [0.717, 1.165) is 52.1 Å². The van der Waals surface area contributed by atoms with Crippen molar-refractivity contribution in [1.82, 2.24) is 34.9 Å². The molecule has 5 aromatic rings. The Morgan fingerprint density at radius 1 is 0.935 bits per heavy atom. The van der Waals surface area contributed by atoms with E-state index >= 15 is 0 Å². The minimum atomic E-state index is -0.297. The number of aromatic amines is 1. The zero-order chi connectivity index (χ0) is 31.6. The smallest absolute Gasteiger partial charge is 0.237 e. The van der Waals surface area contributed by atoms with Gasteiger partial charge in [0.25, 0.3) is 0 Å². The molecule has 46 heavy (non-hydrogen) atoms. The molecular formula is C35H35FN8O2. The molecule has 0 aliphatic carbocycles. The van der Waals surface area contributed by atoms with Crippen molar-refractivity contribution in [2.75, 3.05) is 44.2 Å². The molecule has 10 nitrogen and oxygen atoms in total. The molecule has 0 saturated carbocycles. The van der Waals surface area contributed by atoms with Gasteiger partial charge in [0.15, 0.2) is 5.82 Å². The third-order valence-electron chi connectivity index (χ3n) is 9.05. The quantitative estimate of drug-likeness (QED) is 0.273. The first-order valence-electron chi connectivity index (χ1n) is 15.7. The lowest BCUT2D eigenvalue weighted by atomic mass is 9.96. The van der Waals surface area contributed by atoms with Gasteiger partial charge in [-0.25, -0.2) is 19.3 Å². The normalized spacial score (nSPS) is 18.7. The average molecular weight is 619 g/mol. The zero-order valence-corrected chi connectivity index (χ0v) is 25.6. The third-order valence-corrected chi connectivity index (χ3v) is 9.05. The summed E-state index contributed by atoms with van der Waals surface area (Å²) in [5, 5.41) is 8.35. The SMILES string of the molecule is C[C@H]1CN(c2ccc(-c3ncccn3)cn2)CCN1C(=O)CN1CCC(C(=O)Cc2ccc3[nH]nc(-c4ccc(F)cc4)c3c2)C1. The Labute approximate surface area is 266 Å². The topological polar surface area (TPSA) is 111 Å². The number of aromatic nitrogens is 5. The van der Waals surface area contributed by atoms with E-state index in [1.54, 1.807) is 36.8 Å². The van der Waals surface area contributed by atoms with Crippen LogP contribution in [0.15, 0.2) is 79.3 Å². The van der Waals surface area contributed by atoms with Gasteiger partial charge in [-0.1, -0.05) is 6.07 Å². The van der Waals surface area contributed by atoms with Crippen LogP contribution >= 0.6 is 0 Å². The molecule has 7 rings (SSSR count). The van der Waals surface area contributed by atoms with E-state index in [0.29, 0.717) is 45.0 Å². The van der Waals surface area contributed by atoms with Crippen LogP contribution in [0.1, 0.15) is 18.9 Å². The summed E-state index contributed by atoms with van der Waals surface area (Å²) in [7, 11) is 0. The van der Waals surface area contributed by atoms with Crippen LogP contribution < -0.4 is 4.90 Å². The fraction of sp³-hybridized carbons (Fsp3) is 0.314. The van der Waals surface area contributed by atoms with Crippen LogP contribution in [0.4, 0.5) is 10.2 Å². The highest BCUT2D eigenvalue weighted by molar-refractivity contribution is 5.94. The third kappa shape index (κ3) is 6.23. The lowest BCUT2D eigenvalue weighted by Crippen LogP contribution is -2.56. The van der Waals surface area contributed by atoms with Gasteiger partial charge in [-0.3, -0.25) is 19.6 Å². The second-order valence-corrected chi connectivity index (χ2v) is 12.2. The summed E-state index contributed by atoms with van der Waals surface area (Å²) < 4.78 is 13.4. The summed E-state index contributed by atoms with van der Waals surface area (Å²) in [4.78, 5) is 46.2. The monoisotopic (exact) mass is 618 g/mol. The minimum absolute atomic E-state index is 0.0397. The fourth-order valence-electron chi connectivity index (χ4n) is 6.56. The van der Waals surface area contributed by atoms with Gasteiger partial charge in [-0.2, -0.15) is 5.10 Å². The highest BCUT2D eigenvalue weighted by atomic mass is 19.1. The second kappa shape index (κ2) is 12.8. The first-order chi connectivity index (χ1) is 22.4. The van der Waals surface area contributed by atoms with Crippen molar-refractivity contribution in [1.29, 1.82) is 0 Å². The number of hydrogen-bond acceptors (Lipinski definition) is 8. The molecule has 5 heterocycles. The van der Waals surface area contributed by atoms with E-state index in [4.69, 9.17) is 0 Å². The Bertz CT molecular complexity index is 1840. The number of piperazine rings is 1. The summed E-state index contributed by atoms with van der Waals surface area (Å²) in [5.41, 5.74) is 4.19. The molecule has 3 aromatic heterocycles. The number of fused-ring (bicyclic) bond motifs is 1. The molecule has 0 spiro atoms. The number of likely N-dealkylation sites (tertiary alicyclic amines) is 1. The lowest BCUT2D eigenvalue weighted by molar-refractivity contribution is -0.134. The second-order valence-electron chi connectivity index (χ2n) is 12.2. The molecule has 2 aliphatic heterocycles. The van der Waals surface area contributed by atoms with E-state index in [2.05, 4.69) is 41.9 Å². The van der Waals surface area contributed by atoms with E-state index in [-0.39, 0.29) is 29.5 Å². The van der Waals surface area contributed by atoms with Crippen LogP contribution in [0.3, 0.4) is 0 Å². The summed E-state index contributed by atoms with van der Waals surface area (Å²) in [5.74, 6) is 1.40. The number of anilines is 1. The number of Topliss-reactive ketones (excluding diaryl/α,β-unsaturated/α-hetero) is 1. The first kappa shape index (κ1) is 29.7. The molecule has 1 N–H and O–H groups in total. The van der Waals surface area contributed by atoms with Crippen molar-refractivity contribution >= 4 is 28.4 Å². The molecular weight excluding hydrogens is 583 g/mol. The maximum atomic E-state index is 13.4. The Morgan fingerprint density at radius 3 is 2.50 bits per heavy atom. The summed E-state index contributed by atoms with van der Waals surface area (Å²) in [6.07, 6.45) is 6.29. The number of halogens is 1. The van der Waals surface area contributed by atoms with Gasteiger partial charge < -0.3 is 9.80 Å². The van der Waals surface area contributed by atoms with Crippen molar-refractivity contribution < 1.29 is 14.0 Å². The number of carbonyl (C=O) groups is 2. The lowest BCUT2D eigenvalue weighted by Gasteiger charge is -2.41. The number of nitrogens with one attached hydrogen (secondary N) is 1. The number of benzene rings is 2. The Kier molecular flexibility index (Phi) is 8.23. The summed E-state index contributed by atoms with van der Waals surface area (Å²) in [6.45, 7) is 5.74. The average Bonchev–Trinajstić information content (AvgIpc) is 3.73. The number of rotatable bonds is 8. The van der Waals surface area contributed by atoms with Crippen LogP contribution in [-0.4, -0.2) is 91.9 Å². The molecule has 2 fully saturated rings. The van der Waals surface area contributed by atoms with Gasteiger partial charge >= 0.3 is 0 Å². The van der Waals surface area contributed by atoms with Crippen molar-refractivity contribution in [2.24, 2.45) is 5.92 Å². The van der Waals surface area contributed by atoms with Gasteiger partial charge in [0.05, 0.1) is 17.8 Å². The Morgan fingerprint density at radius 2 is 1.74 bits per heavy atom. The largest absolute Gasteiger partial charge is 0.353 e. The number of amides is 1.